The summed E-state index contributed by atoms with van der Waals surface area (Å²) >= 11 is 5.56. The first-order valence-electron chi connectivity index (χ1n) is 3.73. The largest absolute Gasteiger partial charge is 0.311 e. The third-order valence-corrected chi connectivity index (χ3v) is 1.79. The van der Waals surface area contributed by atoms with Crippen molar-refractivity contribution in [2.75, 3.05) is 0 Å². The van der Waals surface area contributed by atoms with Gasteiger partial charge in [-0.05, 0) is 24.9 Å². The Morgan fingerprint density at radius 2 is 2.15 bits per heavy atom. The Morgan fingerprint density at radius 3 is 2.62 bits per heavy atom. The van der Waals surface area contributed by atoms with Gasteiger partial charge in [0.25, 0.3) is 0 Å². The Kier molecular flexibility index (Phi) is 2.77. The summed E-state index contributed by atoms with van der Waals surface area (Å²) in [4.78, 5) is 17.6. The van der Waals surface area contributed by atoms with Crippen LogP contribution >= 0.6 is 11.6 Å². The third kappa shape index (κ3) is 1.92. The number of rotatable bonds is 2. The molecule has 0 radical (unpaired) electrons. The second-order valence-electron chi connectivity index (χ2n) is 2.48. The van der Waals surface area contributed by atoms with E-state index < -0.39 is 4.92 Å². The van der Waals surface area contributed by atoms with Crippen molar-refractivity contribution in [3.63, 3.8) is 0 Å². The molecule has 13 heavy (non-hydrogen) atoms. The molecule has 1 aromatic heterocycles. The summed E-state index contributed by atoms with van der Waals surface area (Å²) in [5.41, 5.74) is 0.649. The number of aryl methyl sites for hydroxylation is 2. The van der Waals surface area contributed by atoms with Gasteiger partial charge >= 0.3 is 5.69 Å². The minimum absolute atomic E-state index is 0.0353. The first-order chi connectivity index (χ1) is 6.06. The number of nitro groups is 1. The number of nitrogens with zero attached hydrogens (tertiary/aromatic N) is 3. The third-order valence-electron chi connectivity index (χ3n) is 1.62. The summed E-state index contributed by atoms with van der Waals surface area (Å²) in [5, 5.41) is 10.7. The molecule has 5 nitrogen and oxygen atoms in total. The number of hydrogen-bond acceptors (Lipinski definition) is 4. The van der Waals surface area contributed by atoms with Crippen molar-refractivity contribution < 1.29 is 4.92 Å². The molecular weight excluding hydrogens is 194 g/mol. The smallest absolute Gasteiger partial charge is 0.258 e. The Hall–Kier alpha value is -1.23. The van der Waals surface area contributed by atoms with Gasteiger partial charge in [-0.25, -0.2) is 9.97 Å². The van der Waals surface area contributed by atoms with E-state index in [1.165, 1.54) is 0 Å². The molecule has 6 heteroatoms. The maximum atomic E-state index is 10.6. The first-order valence-corrected chi connectivity index (χ1v) is 4.11. The molecule has 0 bridgehead atoms. The molecule has 0 atom stereocenters. The number of hydrogen-bond donors (Lipinski definition) is 0. The molecule has 70 valence electrons. The van der Waals surface area contributed by atoms with Crippen molar-refractivity contribution in [3.05, 3.63) is 26.8 Å². The zero-order valence-electron chi connectivity index (χ0n) is 7.24. The Balaban J connectivity index is 3.38. The summed E-state index contributed by atoms with van der Waals surface area (Å²) in [7, 11) is 0. The molecule has 0 aliphatic carbocycles. The molecule has 0 saturated heterocycles. The number of halogens is 1. The molecule has 0 aliphatic rings. The van der Waals surface area contributed by atoms with Crippen LogP contribution in [0.4, 0.5) is 5.69 Å². The van der Waals surface area contributed by atoms with Crippen molar-refractivity contribution in [2.45, 2.75) is 20.3 Å². The van der Waals surface area contributed by atoms with Gasteiger partial charge in [-0.3, -0.25) is 10.1 Å². The zero-order valence-corrected chi connectivity index (χ0v) is 8.00. The zero-order chi connectivity index (χ0) is 10.0. The molecule has 0 N–H and O–H groups in total. The van der Waals surface area contributed by atoms with Crippen LogP contribution in [-0.4, -0.2) is 14.9 Å². The molecule has 0 fully saturated rings. The van der Waals surface area contributed by atoms with Crippen LogP contribution < -0.4 is 0 Å². The average Bonchev–Trinajstić information content (AvgIpc) is 2.01. The van der Waals surface area contributed by atoms with E-state index in [0.717, 1.165) is 0 Å². The minimum atomic E-state index is -0.482. The predicted octanol–water partition coefficient (Wildman–Crippen LogP) is 1.91. The summed E-state index contributed by atoms with van der Waals surface area (Å²) in [6, 6.07) is 0. The molecule has 0 aliphatic heterocycles. The highest BCUT2D eigenvalue weighted by Crippen LogP contribution is 2.21. The van der Waals surface area contributed by atoms with Crippen molar-refractivity contribution in [2.24, 2.45) is 0 Å². The highest BCUT2D eigenvalue weighted by molar-refractivity contribution is 6.28. The van der Waals surface area contributed by atoms with Gasteiger partial charge in [-0.15, -0.1) is 0 Å². The molecule has 0 unspecified atom stereocenters. The topological polar surface area (TPSA) is 68.9 Å². The van der Waals surface area contributed by atoms with Gasteiger partial charge in [-0.2, -0.15) is 0 Å². The van der Waals surface area contributed by atoms with E-state index in [1.54, 1.807) is 13.8 Å². The van der Waals surface area contributed by atoms with E-state index in [2.05, 4.69) is 9.97 Å². The lowest BCUT2D eigenvalue weighted by molar-refractivity contribution is -0.386. The van der Waals surface area contributed by atoms with Crippen LogP contribution in [0.5, 0.6) is 0 Å². The predicted molar refractivity (Wildman–Crippen MR) is 47.8 cm³/mol. The number of aromatic nitrogens is 2. The fraction of sp³-hybridized carbons (Fsp3) is 0.429. The average molecular weight is 202 g/mol. The summed E-state index contributed by atoms with van der Waals surface area (Å²) in [6.45, 7) is 3.33. The summed E-state index contributed by atoms with van der Waals surface area (Å²) in [5.74, 6) is 0. The fourth-order valence-corrected chi connectivity index (χ4v) is 1.30. The van der Waals surface area contributed by atoms with E-state index in [0.29, 0.717) is 17.8 Å². The van der Waals surface area contributed by atoms with Gasteiger partial charge < -0.3 is 0 Å². The first kappa shape index (κ1) is 9.85. The molecule has 0 saturated carbocycles. The maximum absolute atomic E-state index is 10.6. The Bertz CT molecular complexity index is 354. The van der Waals surface area contributed by atoms with Crippen LogP contribution in [0.2, 0.25) is 5.28 Å². The van der Waals surface area contributed by atoms with E-state index in [-0.39, 0.29) is 11.0 Å². The van der Waals surface area contributed by atoms with Crippen LogP contribution in [-0.2, 0) is 6.42 Å². The SMILES string of the molecule is CCc1nc(Cl)nc(C)c1[N+](=O)[O-]. The quantitative estimate of drug-likeness (QED) is 0.416. The van der Waals surface area contributed by atoms with Crippen molar-refractivity contribution in [1.29, 1.82) is 0 Å². The van der Waals surface area contributed by atoms with Crippen molar-refractivity contribution >= 4 is 17.3 Å². The van der Waals surface area contributed by atoms with Crippen LogP contribution in [0.15, 0.2) is 0 Å². The lowest BCUT2D eigenvalue weighted by Crippen LogP contribution is -2.02. The molecule has 0 aromatic carbocycles. The van der Waals surface area contributed by atoms with E-state index in [9.17, 15) is 10.1 Å². The van der Waals surface area contributed by atoms with Gasteiger partial charge in [0.15, 0.2) is 0 Å². The molecule has 1 heterocycles. The minimum Gasteiger partial charge on any atom is -0.258 e. The molecule has 0 spiro atoms. The summed E-state index contributed by atoms with van der Waals surface area (Å²) < 4.78 is 0. The van der Waals surface area contributed by atoms with Crippen LogP contribution in [0.3, 0.4) is 0 Å². The van der Waals surface area contributed by atoms with E-state index >= 15 is 0 Å². The van der Waals surface area contributed by atoms with Crippen molar-refractivity contribution in [3.8, 4) is 0 Å². The van der Waals surface area contributed by atoms with Crippen LogP contribution in [0.1, 0.15) is 18.3 Å². The normalized spacial score (nSPS) is 10.1. The van der Waals surface area contributed by atoms with E-state index in [1.807, 2.05) is 0 Å². The van der Waals surface area contributed by atoms with Crippen LogP contribution in [0, 0.1) is 17.0 Å². The molecule has 1 aromatic rings. The van der Waals surface area contributed by atoms with Crippen LogP contribution in [0.25, 0.3) is 0 Å². The lowest BCUT2D eigenvalue weighted by Gasteiger charge is -2.01. The highest BCUT2D eigenvalue weighted by Gasteiger charge is 2.19. The van der Waals surface area contributed by atoms with E-state index in [4.69, 9.17) is 11.6 Å². The van der Waals surface area contributed by atoms with Gasteiger partial charge in [-0.1, -0.05) is 6.92 Å². The van der Waals surface area contributed by atoms with Gasteiger partial charge in [0.05, 0.1) is 4.92 Å². The summed E-state index contributed by atoms with van der Waals surface area (Å²) in [6.07, 6.45) is 0.472. The molecule has 1 rings (SSSR count). The second kappa shape index (κ2) is 3.66. The van der Waals surface area contributed by atoms with Gasteiger partial charge in [0.2, 0.25) is 5.28 Å². The Morgan fingerprint density at radius 1 is 1.54 bits per heavy atom. The Labute approximate surface area is 79.9 Å². The fourth-order valence-electron chi connectivity index (χ4n) is 1.07. The molecule has 0 amide bonds. The van der Waals surface area contributed by atoms with Gasteiger partial charge in [0, 0.05) is 0 Å². The standard InChI is InChI=1S/C7H8ClN3O2/c1-3-5-6(11(12)13)4(2)9-7(8)10-5/h3H2,1-2H3. The highest BCUT2D eigenvalue weighted by atomic mass is 35.5. The lowest BCUT2D eigenvalue weighted by atomic mass is 10.2. The second-order valence-corrected chi connectivity index (χ2v) is 2.82. The van der Waals surface area contributed by atoms with Gasteiger partial charge in [0.1, 0.15) is 11.4 Å². The maximum Gasteiger partial charge on any atom is 0.311 e. The molecular formula is C7H8ClN3O2. The monoisotopic (exact) mass is 201 g/mol. The van der Waals surface area contributed by atoms with Crippen molar-refractivity contribution in [1.82, 2.24) is 9.97 Å².